The summed E-state index contributed by atoms with van der Waals surface area (Å²) in [7, 11) is 3.09. The van der Waals surface area contributed by atoms with Crippen molar-refractivity contribution in [2.75, 3.05) is 24.6 Å². The van der Waals surface area contributed by atoms with Crippen LogP contribution in [0.25, 0.3) is 22.5 Å². The number of imidazole rings is 2. The molecule has 4 aliphatic rings. The molecule has 1 unspecified atom stereocenters. The summed E-state index contributed by atoms with van der Waals surface area (Å²) >= 11 is 0. The summed E-state index contributed by atoms with van der Waals surface area (Å²) in [5, 5.41) is 0. The Morgan fingerprint density at radius 2 is 0.982 bits per heavy atom. The molecule has 2 aromatic heterocycles. The van der Waals surface area contributed by atoms with Gasteiger partial charge >= 0.3 is 0 Å². The third-order valence-corrected chi connectivity index (χ3v) is 15.1. The predicted octanol–water partition coefficient (Wildman–Crippen LogP) is 7.86. The first-order valence-corrected chi connectivity index (χ1v) is 23.5. The quantitative estimate of drug-likeness (QED) is 0.104. The van der Waals surface area contributed by atoms with Gasteiger partial charge in [-0.25, -0.2) is 9.97 Å². The Morgan fingerprint density at radius 1 is 0.589 bits per heavy atom. The topological polar surface area (TPSA) is 128 Å². The second kappa shape index (κ2) is 18.3. The van der Waals surface area contributed by atoms with Crippen molar-refractivity contribution in [3.63, 3.8) is 0 Å². The van der Waals surface area contributed by atoms with E-state index in [-0.39, 0.29) is 23.9 Å². The number of aromatic nitrogens is 4. The summed E-state index contributed by atoms with van der Waals surface area (Å²) in [4.78, 5) is 42.6. The van der Waals surface area contributed by atoms with Crippen LogP contribution in [0.15, 0.2) is 73.1 Å². The van der Waals surface area contributed by atoms with Crippen LogP contribution in [0.2, 0.25) is 0 Å². The van der Waals surface area contributed by atoms with Crippen LogP contribution in [0.5, 0.6) is 0 Å². The molecular formula is C44H58N8O2S2. The summed E-state index contributed by atoms with van der Waals surface area (Å²) in [5.74, 6) is 4.00. The Kier molecular flexibility index (Phi) is 12.9. The van der Waals surface area contributed by atoms with Crippen molar-refractivity contribution in [1.82, 2.24) is 28.9 Å². The van der Waals surface area contributed by atoms with Gasteiger partial charge in [0.2, 0.25) is 11.8 Å². The smallest absolute Gasteiger partial charge is 0.241 e. The lowest BCUT2D eigenvalue weighted by atomic mass is 9.84. The molecule has 0 saturated heterocycles. The van der Waals surface area contributed by atoms with E-state index in [0.29, 0.717) is 49.5 Å². The Bertz CT molecular complexity index is 1770. The third kappa shape index (κ3) is 8.93. The number of nitrogens with zero attached hydrogens (tertiary/aromatic N) is 6. The maximum Gasteiger partial charge on any atom is 0.241 e. The average molecular weight is 795 g/mol. The van der Waals surface area contributed by atoms with Gasteiger partial charge in [-0.2, -0.15) is 0 Å². The Balaban J connectivity index is 0.891. The highest BCUT2D eigenvalue weighted by Gasteiger charge is 2.39. The van der Waals surface area contributed by atoms with Gasteiger partial charge in [-0.3, -0.25) is 9.59 Å². The van der Waals surface area contributed by atoms with E-state index in [9.17, 15) is 9.59 Å². The first-order valence-electron chi connectivity index (χ1n) is 21.0. The standard InChI is InChI=1S/C44H58N8O2S2/c45-35(43(53)51-23-21-49-27-37(33-17-9-3-10-18-33)47-41(49)39(51)25-31-13-5-1-6-14-31)29-55-56-30-36(46)44(54)52-24-22-50-28-38(34-19-11-4-12-20-34)48-42(50)40(52)26-32-15-7-2-8-16-32/h3-4,9-12,17-20,27-28,31-32,35-36,39-40H,1-2,5-8,13-16,21-26,29-30,45-46H2/t35-,36?,39-,40-/m0/s1. The summed E-state index contributed by atoms with van der Waals surface area (Å²) in [6.07, 6.45) is 18.6. The van der Waals surface area contributed by atoms with Crippen molar-refractivity contribution in [3.05, 3.63) is 84.7 Å². The molecule has 2 saturated carbocycles. The molecule has 56 heavy (non-hydrogen) atoms. The van der Waals surface area contributed by atoms with E-state index in [1.807, 2.05) is 46.2 Å². The van der Waals surface area contributed by atoms with Gasteiger partial charge in [-0.15, -0.1) is 0 Å². The van der Waals surface area contributed by atoms with Crippen LogP contribution in [0.4, 0.5) is 0 Å². The lowest BCUT2D eigenvalue weighted by molar-refractivity contribution is -0.137. The van der Waals surface area contributed by atoms with Crippen LogP contribution >= 0.6 is 21.6 Å². The number of rotatable bonds is 13. The fourth-order valence-corrected chi connectivity index (χ4v) is 11.8. The van der Waals surface area contributed by atoms with Gasteiger partial charge in [-0.05, 0) is 24.7 Å². The number of fused-ring (bicyclic) bond motifs is 2. The monoisotopic (exact) mass is 794 g/mol. The minimum Gasteiger partial charge on any atom is -0.331 e. The summed E-state index contributed by atoms with van der Waals surface area (Å²) in [5.41, 5.74) is 17.5. The zero-order valence-corrected chi connectivity index (χ0v) is 34.2. The van der Waals surface area contributed by atoms with Crippen LogP contribution in [-0.4, -0.2) is 77.4 Å². The Hall–Kier alpha value is -3.58. The number of amides is 2. The highest BCUT2D eigenvalue weighted by molar-refractivity contribution is 8.76. The van der Waals surface area contributed by atoms with Crippen molar-refractivity contribution in [2.45, 2.75) is 114 Å². The van der Waals surface area contributed by atoms with Gasteiger partial charge < -0.3 is 30.4 Å². The minimum absolute atomic E-state index is 0.0148. The molecule has 10 nitrogen and oxygen atoms in total. The van der Waals surface area contributed by atoms with Gasteiger partial charge in [0.05, 0.1) is 35.6 Å². The molecule has 2 aromatic carbocycles. The summed E-state index contributed by atoms with van der Waals surface area (Å²) in [6.45, 7) is 2.67. The van der Waals surface area contributed by atoms with E-state index >= 15 is 0 Å². The molecule has 8 rings (SSSR count). The molecule has 0 spiro atoms. The molecule has 2 aliphatic carbocycles. The van der Waals surface area contributed by atoms with E-state index in [0.717, 1.165) is 47.0 Å². The Labute approximate surface area is 340 Å². The van der Waals surface area contributed by atoms with Crippen molar-refractivity contribution in [3.8, 4) is 22.5 Å². The van der Waals surface area contributed by atoms with Crippen LogP contribution in [0.3, 0.4) is 0 Å². The van der Waals surface area contributed by atoms with Crippen molar-refractivity contribution >= 4 is 33.4 Å². The lowest BCUT2D eigenvalue weighted by Crippen LogP contribution is -2.51. The molecule has 4 heterocycles. The molecule has 12 heteroatoms. The molecular weight excluding hydrogens is 737 g/mol. The summed E-state index contributed by atoms with van der Waals surface area (Å²) < 4.78 is 4.51. The summed E-state index contributed by atoms with van der Waals surface area (Å²) in [6, 6.07) is 19.1. The number of hydrogen-bond acceptors (Lipinski definition) is 8. The second-order valence-electron chi connectivity index (χ2n) is 16.4. The van der Waals surface area contributed by atoms with E-state index in [1.165, 1.54) is 64.2 Å². The van der Waals surface area contributed by atoms with Gasteiger partial charge in [0.15, 0.2) is 0 Å². The second-order valence-corrected chi connectivity index (χ2v) is 19.0. The minimum atomic E-state index is -0.650. The van der Waals surface area contributed by atoms with Crippen molar-refractivity contribution in [2.24, 2.45) is 23.3 Å². The van der Waals surface area contributed by atoms with Crippen LogP contribution in [0, 0.1) is 11.8 Å². The van der Waals surface area contributed by atoms with Gasteiger partial charge in [0, 0.05) is 61.2 Å². The van der Waals surface area contributed by atoms with Gasteiger partial charge in [0.25, 0.3) is 0 Å². The highest BCUT2D eigenvalue weighted by atomic mass is 33.1. The van der Waals surface area contributed by atoms with E-state index in [4.69, 9.17) is 21.4 Å². The molecule has 0 radical (unpaired) electrons. The first kappa shape index (κ1) is 39.3. The zero-order chi connectivity index (χ0) is 38.4. The number of benzene rings is 2. The molecule has 4 aromatic rings. The molecule has 298 valence electrons. The first-order chi connectivity index (χ1) is 27.4. The fraction of sp³-hybridized carbons (Fsp3) is 0.545. The molecule has 0 bridgehead atoms. The fourth-order valence-electron chi connectivity index (χ4n) is 9.55. The van der Waals surface area contributed by atoms with Crippen LogP contribution in [0.1, 0.15) is 101 Å². The number of carbonyl (C=O) groups is 2. The largest absolute Gasteiger partial charge is 0.331 e. The number of hydrogen-bond donors (Lipinski definition) is 2. The maximum atomic E-state index is 14.1. The van der Waals surface area contributed by atoms with Gasteiger partial charge in [-0.1, -0.05) is 146 Å². The highest BCUT2D eigenvalue weighted by Crippen LogP contribution is 2.40. The Morgan fingerprint density at radius 3 is 1.38 bits per heavy atom. The van der Waals surface area contributed by atoms with Crippen LogP contribution < -0.4 is 11.5 Å². The molecule has 2 fully saturated rings. The third-order valence-electron chi connectivity index (χ3n) is 12.6. The van der Waals surface area contributed by atoms with E-state index < -0.39 is 12.1 Å². The maximum absolute atomic E-state index is 14.1. The number of carbonyl (C=O) groups excluding carboxylic acids is 2. The molecule has 2 aliphatic heterocycles. The predicted molar refractivity (Wildman–Crippen MR) is 227 cm³/mol. The van der Waals surface area contributed by atoms with E-state index in [1.54, 1.807) is 21.6 Å². The molecule has 4 atom stereocenters. The zero-order valence-electron chi connectivity index (χ0n) is 32.6. The number of nitrogens with two attached hydrogens (primary N) is 2. The van der Waals surface area contributed by atoms with Gasteiger partial charge in [0.1, 0.15) is 11.6 Å². The van der Waals surface area contributed by atoms with E-state index in [2.05, 4.69) is 45.8 Å². The average Bonchev–Trinajstić information content (AvgIpc) is 3.89. The molecule has 4 N–H and O–H groups in total. The van der Waals surface area contributed by atoms with Crippen molar-refractivity contribution < 1.29 is 9.59 Å². The lowest BCUT2D eigenvalue weighted by Gasteiger charge is -2.39. The van der Waals surface area contributed by atoms with Crippen molar-refractivity contribution in [1.29, 1.82) is 0 Å². The SMILES string of the molecule is NC(CSSC[C@H](N)C(=O)N1CCn2cc(-c3ccccc3)nc2[C@@H]1CC1CCCCC1)C(=O)N1CCn2cc(-c3ccccc3)nc2[C@@H]1CC1CCCCC1. The normalized spacial score (nSPS) is 21.7. The molecule has 2 amide bonds. The van der Waals surface area contributed by atoms with Crippen LogP contribution in [-0.2, 0) is 22.7 Å².